The van der Waals surface area contributed by atoms with Crippen LogP contribution in [0.2, 0.25) is 0 Å². The number of thiazole rings is 1. The van der Waals surface area contributed by atoms with Crippen molar-refractivity contribution in [2.24, 2.45) is 0 Å². The Morgan fingerprint density at radius 1 is 1.44 bits per heavy atom. The second-order valence-electron chi connectivity index (χ2n) is 4.83. The van der Waals surface area contributed by atoms with Gasteiger partial charge in [-0.3, -0.25) is 0 Å². The topological polar surface area (TPSA) is 28.2 Å². The minimum atomic E-state index is 0.735. The van der Waals surface area contributed by atoms with Crippen LogP contribution in [0.3, 0.4) is 0 Å². The van der Waals surface area contributed by atoms with Crippen molar-refractivity contribution >= 4 is 11.3 Å². The van der Waals surface area contributed by atoms with Gasteiger partial charge in [0, 0.05) is 24.5 Å². The molecular weight excluding hydrogens is 218 g/mol. The molecule has 16 heavy (non-hydrogen) atoms. The summed E-state index contributed by atoms with van der Waals surface area (Å²) in [6, 6.07) is 0.735. The number of rotatable bonds is 5. The third-order valence-electron chi connectivity index (χ3n) is 2.98. The van der Waals surface area contributed by atoms with Gasteiger partial charge in [0.05, 0.1) is 5.69 Å². The number of aromatic nitrogens is 1. The zero-order valence-electron chi connectivity index (χ0n) is 10.2. The van der Waals surface area contributed by atoms with E-state index in [2.05, 4.69) is 34.7 Å². The van der Waals surface area contributed by atoms with Crippen LogP contribution in [0.15, 0.2) is 5.38 Å². The van der Waals surface area contributed by atoms with Gasteiger partial charge in [-0.2, -0.15) is 0 Å². The molecular formula is C12H21N3S. The maximum atomic E-state index is 4.63. The number of hydrogen-bond donors (Lipinski definition) is 1. The molecule has 4 heteroatoms. The first-order valence-electron chi connectivity index (χ1n) is 6.05. The van der Waals surface area contributed by atoms with Crippen molar-refractivity contribution in [2.45, 2.75) is 44.8 Å². The summed E-state index contributed by atoms with van der Waals surface area (Å²) in [5, 5.41) is 6.99. The summed E-state index contributed by atoms with van der Waals surface area (Å²) < 4.78 is 0. The molecule has 0 aromatic carbocycles. The molecule has 0 atom stereocenters. The summed E-state index contributed by atoms with van der Waals surface area (Å²) in [4.78, 5) is 6.79. The first kappa shape index (κ1) is 12.0. The Kier molecular flexibility index (Phi) is 4.32. The minimum Gasteiger partial charge on any atom is -0.308 e. The molecule has 0 amide bonds. The van der Waals surface area contributed by atoms with Gasteiger partial charge in [0.2, 0.25) is 0 Å². The molecule has 1 saturated carbocycles. The van der Waals surface area contributed by atoms with Gasteiger partial charge in [-0.05, 0) is 26.9 Å². The fraction of sp³-hybridized carbons (Fsp3) is 0.750. The van der Waals surface area contributed by atoms with E-state index < -0.39 is 0 Å². The Labute approximate surface area is 102 Å². The Morgan fingerprint density at radius 3 is 2.88 bits per heavy atom. The molecule has 0 spiro atoms. The maximum Gasteiger partial charge on any atom is 0.107 e. The Morgan fingerprint density at radius 2 is 2.19 bits per heavy atom. The summed E-state index contributed by atoms with van der Waals surface area (Å²) in [6.07, 6.45) is 5.46. The minimum absolute atomic E-state index is 0.735. The fourth-order valence-electron chi connectivity index (χ4n) is 2.15. The number of nitrogens with zero attached hydrogens (tertiary/aromatic N) is 2. The Balaban J connectivity index is 1.78. The SMILES string of the molecule is CN(C)Cc1nc(CNC2CCCC2)cs1. The van der Waals surface area contributed by atoms with Crippen LogP contribution in [-0.4, -0.2) is 30.0 Å². The van der Waals surface area contributed by atoms with E-state index in [4.69, 9.17) is 0 Å². The molecule has 1 fully saturated rings. The van der Waals surface area contributed by atoms with Crippen LogP contribution >= 0.6 is 11.3 Å². The number of nitrogens with one attached hydrogen (secondary N) is 1. The molecule has 3 nitrogen and oxygen atoms in total. The van der Waals surface area contributed by atoms with Crippen LogP contribution in [-0.2, 0) is 13.1 Å². The van der Waals surface area contributed by atoms with Gasteiger partial charge in [0.25, 0.3) is 0 Å². The molecule has 0 aliphatic heterocycles. The summed E-state index contributed by atoms with van der Waals surface area (Å²) >= 11 is 1.77. The molecule has 1 aliphatic carbocycles. The largest absolute Gasteiger partial charge is 0.308 e. The second-order valence-corrected chi connectivity index (χ2v) is 5.78. The van der Waals surface area contributed by atoms with Gasteiger partial charge in [-0.25, -0.2) is 4.98 Å². The smallest absolute Gasteiger partial charge is 0.107 e. The third kappa shape index (κ3) is 3.54. The molecule has 1 aromatic heterocycles. The quantitative estimate of drug-likeness (QED) is 0.854. The van der Waals surface area contributed by atoms with Crippen molar-refractivity contribution < 1.29 is 0 Å². The molecule has 0 bridgehead atoms. The van der Waals surface area contributed by atoms with E-state index >= 15 is 0 Å². The van der Waals surface area contributed by atoms with Crippen molar-refractivity contribution in [1.82, 2.24) is 15.2 Å². The van der Waals surface area contributed by atoms with E-state index in [1.165, 1.54) is 36.4 Å². The van der Waals surface area contributed by atoms with Crippen molar-refractivity contribution in [1.29, 1.82) is 0 Å². The molecule has 0 unspecified atom stereocenters. The highest BCUT2D eigenvalue weighted by molar-refractivity contribution is 7.09. The average molecular weight is 239 g/mol. The maximum absolute atomic E-state index is 4.63. The average Bonchev–Trinajstić information content (AvgIpc) is 2.84. The fourth-order valence-corrected chi connectivity index (χ4v) is 3.06. The zero-order valence-corrected chi connectivity index (χ0v) is 11.0. The van der Waals surface area contributed by atoms with Crippen molar-refractivity contribution in [3.05, 3.63) is 16.1 Å². The monoisotopic (exact) mass is 239 g/mol. The molecule has 1 N–H and O–H groups in total. The van der Waals surface area contributed by atoms with Crippen LogP contribution in [0.4, 0.5) is 0 Å². The van der Waals surface area contributed by atoms with Crippen LogP contribution in [0, 0.1) is 0 Å². The van der Waals surface area contributed by atoms with Crippen molar-refractivity contribution in [2.75, 3.05) is 14.1 Å². The Hall–Kier alpha value is -0.450. The van der Waals surface area contributed by atoms with E-state index in [0.717, 1.165) is 19.1 Å². The van der Waals surface area contributed by atoms with Gasteiger partial charge in [-0.15, -0.1) is 11.3 Å². The summed E-state index contributed by atoms with van der Waals surface area (Å²) in [7, 11) is 4.16. The molecule has 0 radical (unpaired) electrons. The van der Waals surface area contributed by atoms with E-state index in [1.807, 2.05) is 0 Å². The predicted octanol–water partition coefficient (Wildman–Crippen LogP) is 2.24. The van der Waals surface area contributed by atoms with Crippen LogP contribution in [0.5, 0.6) is 0 Å². The highest BCUT2D eigenvalue weighted by Crippen LogP contribution is 2.18. The molecule has 1 heterocycles. The van der Waals surface area contributed by atoms with Crippen LogP contribution in [0.1, 0.15) is 36.4 Å². The van der Waals surface area contributed by atoms with Crippen LogP contribution < -0.4 is 5.32 Å². The van der Waals surface area contributed by atoms with Gasteiger partial charge >= 0.3 is 0 Å². The van der Waals surface area contributed by atoms with Crippen molar-refractivity contribution in [3.63, 3.8) is 0 Å². The van der Waals surface area contributed by atoms with Gasteiger partial charge in [0.1, 0.15) is 5.01 Å². The lowest BCUT2D eigenvalue weighted by molar-refractivity contribution is 0.401. The van der Waals surface area contributed by atoms with E-state index in [-0.39, 0.29) is 0 Å². The lowest BCUT2D eigenvalue weighted by Crippen LogP contribution is -2.25. The molecule has 1 aliphatic rings. The molecule has 0 saturated heterocycles. The second kappa shape index (κ2) is 5.75. The third-order valence-corrected chi connectivity index (χ3v) is 3.86. The van der Waals surface area contributed by atoms with Crippen molar-refractivity contribution in [3.8, 4) is 0 Å². The first-order chi connectivity index (χ1) is 7.74. The van der Waals surface area contributed by atoms with Gasteiger partial charge in [0.15, 0.2) is 0 Å². The van der Waals surface area contributed by atoms with E-state index in [1.54, 1.807) is 11.3 Å². The highest BCUT2D eigenvalue weighted by Gasteiger charge is 2.14. The summed E-state index contributed by atoms with van der Waals surface area (Å²) in [6.45, 7) is 1.89. The van der Waals surface area contributed by atoms with Gasteiger partial charge < -0.3 is 10.2 Å². The molecule has 2 rings (SSSR count). The highest BCUT2D eigenvalue weighted by atomic mass is 32.1. The normalized spacial score (nSPS) is 17.4. The molecule has 1 aromatic rings. The van der Waals surface area contributed by atoms with E-state index in [0.29, 0.717) is 0 Å². The summed E-state index contributed by atoms with van der Waals surface area (Å²) in [5.74, 6) is 0. The summed E-state index contributed by atoms with van der Waals surface area (Å²) in [5.41, 5.74) is 1.20. The van der Waals surface area contributed by atoms with Gasteiger partial charge in [-0.1, -0.05) is 12.8 Å². The first-order valence-corrected chi connectivity index (χ1v) is 6.93. The zero-order chi connectivity index (χ0) is 11.4. The van der Waals surface area contributed by atoms with Crippen LogP contribution in [0.25, 0.3) is 0 Å². The number of hydrogen-bond acceptors (Lipinski definition) is 4. The Bertz CT molecular complexity index is 316. The lowest BCUT2D eigenvalue weighted by Gasteiger charge is -2.09. The predicted molar refractivity (Wildman–Crippen MR) is 68.6 cm³/mol. The lowest BCUT2D eigenvalue weighted by atomic mass is 10.2. The van der Waals surface area contributed by atoms with E-state index in [9.17, 15) is 0 Å². The standard InChI is InChI=1S/C12H21N3S/c1-15(2)8-12-14-11(9-16-12)7-13-10-5-3-4-6-10/h9-10,13H,3-8H2,1-2H3. The molecule has 90 valence electrons.